The summed E-state index contributed by atoms with van der Waals surface area (Å²) in [4.78, 5) is 55.1. The van der Waals surface area contributed by atoms with Gasteiger partial charge in [0.1, 0.15) is 18.1 Å². The van der Waals surface area contributed by atoms with Gasteiger partial charge in [-0.2, -0.15) is 25.3 Å². The highest BCUT2D eigenvalue weighted by Crippen LogP contribution is 2.02. The van der Waals surface area contributed by atoms with Gasteiger partial charge in [0, 0.05) is 29.8 Å². The summed E-state index contributed by atoms with van der Waals surface area (Å²) in [5.41, 5.74) is 6.29. The van der Waals surface area contributed by atoms with Crippen molar-refractivity contribution in [1.82, 2.24) is 25.9 Å². The van der Waals surface area contributed by atoms with E-state index in [9.17, 15) is 24.3 Å². The maximum absolute atomic E-state index is 12.5. The van der Waals surface area contributed by atoms with E-state index in [2.05, 4.69) is 51.2 Å². The number of hydrogen-bond acceptors (Lipinski definition) is 8. The van der Waals surface area contributed by atoms with Crippen LogP contribution in [0.1, 0.15) is 19.5 Å². The van der Waals surface area contributed by atoms with Crippen LogP contribution < -0.4 is 21.7 Å². The van der Waals surface area contributed by atoms with Crippen molar-refractivity contribution in [1.29, 1.82) is 0 Å². The van der Waals surface area contributed by atoms with Crippen LogP contribution in [0.4, 0.5) is 0 Å². The van der Waals surface area contributed by atoms with E-state index in [1.54, 1.807) is 13.8 Å². The Morgan fingerprint density at radius 2 is 1.53 bits per heavy atom. The van der Waals surface area contributed by atoms with Crippen LogP contribution in [0.5, 0.6) is 0 Å². The van der Waals surface area contributed by atoms with Crippen molar-refractivity contribution in [3.8, 4) is 0 Å². The van der Waals surface area contributed by atoms with E-state index in [0.717, 1.165) is 0 Å². The highest BCUT2D eigenvalue weighted by molar-refractivity contribution is 7.80. The molecule has 1 aromatic rings. The molecule has 0 saturated carbocycles. The number of imidazole rings is 1. The van der Waals surface area contributed by atoms with Gasteiger partial charge in [-0.05, 0) is 5.92 Å². The molecule has 1 heterocycles. The lowest BCUT2D eigenvalue weighted by atomic mass is 10.0. The molecule has 0 bridgehead atoms. The number of carboxylic acid groups (broad SMARTS) is 1. The Morgan fingerprint density at radius 1 is 1.03 bits per heavy atom. The van der Waals surface area contributed by atoms with Gasteiger partial charge >= 0.3 is 5.97 Å². The summed E-state index contributed by atoms with van der Waals surface area (Å²) in [5, 5.41) is 16.7. The number of nitrogens with two attached hydrogens (primary N) is 1. The number of aromatic nitrogens is 2. The highest BCUT2D eigenvalue weighted by atomic mass is 32.1. The quantitative estimate of drug-likeness (QED) is 0.172. The second-order valence-electron chi connectivity index (χ2n) is 6.94. The summed E-state index contributed by atoms with van der Waals surface area (Å²) in [6, 6.07) is -4.19. The van der Waals surface area contributed by atoms with E-state index in [-0.39, 0.29) is 23.8 Å². The van der Waals surface area contributed by atoms with Gasteiger partial charge < -0.3 is 31.8 Å². The van der Waals surface area contributed by atoms with Crippen LogP contribution in [0.15, 0.2) is 12.5 Å². The van der Waals surface area contributed by atoms with Crippen molar-refractivity contribution in [3.05, 3.63) is 18.2 Å². The molecular formula is C17H28N6O5S2. The van der Waals surface area contributed by atoms with E-state index in [4.69, 9.17) is 5.73 Å². The Kier molecular flexibility index (Phi) is 10.7. The predicted octanol–water partition coefficient (Wildman–Crippen LogP) is -1.67. The lowest BCUT2D eigenvalue weighted by molar-refractivity contribution is -0.142. The minimum absolute atomic E-state index is 0.0171. The number of nitrogens with zero attached hydrogens (tertiary/aromatic N) is 1. The summed E-state index contributed by atoms with van der Waals surface area (Å²) >= 11 is 8.12. The van der Waals surface area contributed by atoms with Crippen LogP contribution in [-0.4, -0.2) is 74.4 Å². The van der Waals surface area contributed by atoms with Gasteiger partial charge in [-0.15, -0.1) is 0 Å². The number of H-pyrrole nitrogens is 1. The number of nitrogens with one attached hydrogen (secondary N) is 4. The molecule has 0 saturated heterocycles. The van der Waals surface area contributed by atoms with Gasteiger partial charge in [-0.1, -0.05) is 13.8 Å². The van der Waals surface area contributed by atoms with Crippen LogP contribution in [0, 0.1) is 5.92 Å². The topological polar surface area (TPSA) is 179 Å². The van der Waals surface area contributed by atoms with Crippen molar-refractivity contribution in [3.63, 3.8) is 0 Å². The predicted molar refractivity (Wildman–Crippen MR) is 116 cm³/mol. The van der Waals surface area contributed by atoms with E-state index < -0.39 is 47.9 Å². The van der Waals surface area contributed by atoms with Crippen molar-refractivity contribution >= 4 is 48.9 Å². The summed E-state index contributed by atoms with van der Waals surface area (Å²) in [6.45, 7) is 3.53. The van der Waals surface area contributed by atoms with Crippen molar-refractivity contribution in [2.45, 2.75) is 44.4 Å². The minimum atomic E-state index is -1.25. The molecule has 1 aromatic heterocycles. The normalized spacial score (nSPS) is 15.0. The first-order valence-electron chi connectivity index (χ1n) is 9.19. The Hall–Kier alpha value is -2.25. The third kappa shape index (κ3) is 7.88. The van der Waals surface area contributed by atoms with Crippen molar-refractivity contribution in [2.75, 3.05) is 11.5 Å². The first kappa shape index (κ1) is 25.8. The number of aliphatic carboxylic acids is 1. The first-order chi connectivity index (χ1) is 14.1. The molecule has 168 valence electrons. The second-order valence-corrected chi connectivity index (χ2v) is 7.67. The molecule has 4 atom stereocenters. The van der Waals surface area contributed by atoms with Gasteiger partial charge in [0.05, 0.1) is 12.4 Å². The average Bonchev–Trinajstić information content (AvgIpc) is 3.21. The first-order valence-corrected chi connectivity index (χ1v) is 10.5. The molecule has 0 aromatic carbocycles. The van der Waals surface area contributed by atoms with Gasteiger partial charge in [0.25, 0.3) is 0 Å². The monoisotopic (exact) mass is 460 g/mol. The van der Waals surface area contributed by atoms with Crippen molar-refractivity contribution in [2.24, 2.45) is 11.7 Å². The largest absolute Gasteiger partial charge is 0.480 e. The Balaban J connectivity index is 2.74. The number of hydrogen-bond donors (Lipinski definition) is 8. The highest BCUT2D eigenvalue weighted by Gasteiger charge is 2.29. The lowest BCUT2D eigenvalue weighted by Gasteiger charge is -2.24. The second kappa shape index (κ2) is 12.4. The number of carbonyl (C=O) groups excluding carboxylic acids is 3. The maximum atomic E-state index is 12.5. The maximum Gasteiger partial charge on any atom is 0.326 e. The number of amides is 3. The van der Waals surface area contributed by atoms with Crippen LogP contribution >= 0.6 is 25.3 Å². The van der Waals surface area contributed by atoms with Crippen LogP contribution in [-0.2, 0) is 25.6 Å². The zero-order valence-corrected chi connectivity index (χ0v) is 18.5. The third-order valence-electron chi connectivity index (χ3n) is 4.25. The van der Waals surface area contributed by atoms with E-state index in [0.29, 0.717) is 5.69 Å². The molecule has 11 nitrogen and oxygen atoms in total. The number of carboxylic acids is 1. The molecule has 0 aliphatic heterocycles. The molecule has 0 spiro atoms. The van der Waals surface area contributed by atoms with Gasteiger partial charge in [-0.3, -0.25) is 14.4 Å². The molecule has 0 radical (unpaired) electrons. The Bertz CT molecular complexity index is 730. The lowest BCUT2D eigenvalue weighted by Crippen LogP contribution is -2.58. The zero-order valence-electron chi connectivity index (χ0n) is 16.7. The van der Waals surface area contributed by atoms with Gasteiger partial charge in [-0.25, -0.2) is 9.78 Å². The summed E-state index contributed by atoms with van der Waals surface area (Å²) < 4.78 is 0. The molecule has 1 rings (SSSR count). The van der Waals surface area contributed by atoms with Gasteiger partial charge in [0.15, 0.2) is 0 Å². The SMILES string of the molecule is CC(C)C(N)C(=O)NC(CS)C(=O)NC(CS)C(=O)NC(Cc1cnc[nH]1)C(=O)O. The number of thiol groups is 2. The molecular weight excluding hydrogens is 432 g/mol. The van der Waals surface area contributed by atoms with Gasteiger partial charge in [0.2, 0.25) is 17.7 Å². The fourth-order valence-electron chi connectivity index (χ4n) is 2.32. The smallest absolute Gasteiger partial charge is 0.326 e. The fraction of sp³-hybridized carbons (Fsp3) is 0.588. The Morgan fingerprint density at radius 3 is 1.93 bits per heavy atom. The molecule has 7 N–H and O–H groups in total. The molecule has 13 heteroatoms. The van der Waals surface area contributed by atoms with E-state index in [1.807, 2.05) is 0 Å². The summed E-state index contributed by atoms with van der Waals surface area (Å²) in [5.74, 6) is -3.40. The summed E-state index contributed by atoms with van der Waals surface area (Å²) in [7, 11) is 0. The molecule has 3 amide bonds. The van der Waals surface area contributed by atoms with E-state index in [1.165, 1.54) is 12.5 Å². The van der Waals surface area contributed by atoms with Crippen molar-refractivity contribution < 1.29 is 24.3 Å². The Labute approximate surface area is 185 Å². The molecule has 30 heavy (non-hydrogen) atoms. The van der Waals surface area contributed by atoms with Crippen LogP contribution in [0.2, 0.25) is 0 Å². The average molecular weight is 461 g/mol. The zero-order chi connectivity index (χ0) is 22.8. The number of aromatic amines is 1. The molecule has 0 aliphatic carbocycles. The standard InChI is InChI=1S/C17H28N6O5S2/c1-8(2)13(18)16(26)23-12(6-30)15(25)22-11(5-29)14(24)21-10(17(27)28)3-9-4-19-7-20-9/h4,7-8,10-13,29-30H,3,5-6,18H2,1-2H3,(H,19,20)(H,21,24)(H,22,25)(H,23,26)(H,27,28). The van der Waals surface area contributed by atoms with E-state index >= 15 is 0 Å². The number of carbonyl (C=O) groups is 4. The van der Waals surface area contributed by atoms with Crippen LogP contribution in [0.25, 0.3) is 0 Å². The van der Waals surface area contributed by atoms with Crippen LogP contribution in [0.3, 0.4) is 0 Å². The minimum Gasteiger partial charge on any atom is -0.480 e. The number of rotatable bonds is 12. The molecule has 0 fully saturated rings. The third-order valence-corrected chi connectivity index (χ3v) is 4.98. The molecule has 4 unspecified atom stereocenters. The molecule has 0 aliphatic rings. The fourth-order valence-corrected chi connectivity index (χ4v) is 2.83. The summed E-state index contributed by atoms with van der Waals surface area (Å²) in [6.07, 6.45) is 2.82.